The first-order valence-corrected chi connectivity index (χ1v) is 12.7. The maximum atomic E-state index is 12.7. The van der Waals surface area contributed by atoms with Gasteiger partial charge in [-0.15, -0.1) is 0 Å². The molecule has 2 aromatic rings. The zero-order valence-electron chi connectivity index (χ0n) is 20.9. The molecular weight excluding hydrogens is 448 g/mol. The third kappa shape index (κ3) is 5.37. The van der Waals surface area contributed by atoms with Crippen LogP contribution in [0.1, 0.15) is 63.5 Å². The summed E-state index contributed by atoms with van der Waals surface area (Å²) in [5, 5.41) is 14.4. The molecular formula is C27H36N2O6. The van der Waals surface area contributed by atoms with Gasteiger partial charge in [-0.2, -0.15) is 0 Å². The van der Waals surface area contributed by atoms with Crippen molar-refractivity contribution < 1.29 is 23.8 Å². The van der Waals surface area contributed by atoms with Gasteiger partial charge in [-0.05, 0) is 57.2 Å². The van der Waals surface area contributed by atoms with E-state index in [4.69, 9.17) is 9.15 Å². The van der Waals surface area contributed by atoms with Crippen LogP contribution in [0.15, 0.2) is 27.4 Å². The standard InChI is InChI=1S/C27H36N2O6/c1-4-7-19-14-24(31)35-25-17(2)22(10-9-21(19)25)34-18(3)26(32)28-15-23(30)29-13-12-27(33)11-6-5-8-20(27)16-29/h9-10,14,18,20,33H,4-8,11-13,15-16H2,1-3H3,(H,28,32)/t18-,20-,27-/m1/s1. The number of aryl methyl sites for hydroxylation is 2. The minimum Gasteiger partial charge on any atom is -0.480 e. The highest BCUT2D eigenvalue weighted by Gasteiger charge is 2.43. The van der Waals surface area contributed by atoms with E-state index in [0.717, 1.165) is 49.5 Å². The van der Waals surface area contributed by atoms with E-state index >= 15 is 0 Å². The summed E-state index contributed by atoms with van der Waals surface area (Å²) < 4.78 is 11.3. The molecule has 190 valence electrons. The number of benzene rings is 1. The summed E-state index contributed by atoms with van der Waals surface area (Å²) in [5.74, 6) is 0.0204. The van der Waals surface area contributed by atoms with E-state index in [0.29, 0.717) is 36.4 Å². The predicted molar refractivity (Wildman–Crippen MR) is 132 cm³/mol. The largest absolute Gasteiger partial charge is 0.480 e. The lowest BCUT2D eigenvalue weighted by Crippen LogP contribution is -2.56. The third-order valence-electron chi connectivity index (χ3n) is 7.58. The van der Waals surface area contributed by atoms with Gasteiger partial charge in [0.1, 0.15) is 11.3 Å². The van der Waals surface area contributed by atoms with Crippen LogP contribution in [-0.2, 0) is 16.0 Å². The van der Waals surface area contributed by atoms with Crippen molar-refractivity contribution in [1.29, 1.82) is 0 Å². The number of aliphatic hydroxyl groups is 1. The number of carbonyl (C=O) groups excluding carboxylic acids is 2. The fraction of sp³-hybridized carbons (Fsp3) is 0.593. The highest BCUT2D eigenvalue weighted by Crippen LogP contribution is 2.39. The second-order valence-corrected chi connectivity index (χ2v) is 10.0. The van der Waals surface area contributed by atoms with Crippen LogP contribution in [0.5, 0.6) is 5.75 Å². The molecule has 2 amide bonds. The molecule has 1 aromatic carbocycles. The van der Waals surface area contributed by atoms with Gasteiger partial charge in [-0.1, -0.05) is 26.2 Å². The zero-order chi connectivity index (χ0) is 25.2. The molecule has 8 nitrogen and oxygen atoms in total. The Bertz CT molecular complexity index is 1160. The maximum Gasteiger partial charge on any atom is 0.336 e. The highest BCUT2D eigenvalue weighted by molar-refractivity contribution is 5.88. The quantitative estimate of drug-likeness (QED) is 0.585. The van der Waals surface area contributed by atoms with Gasteiger partial charge in [-0.25, -0.2) is 4.79 Å². The molecule has 0 spiro atoms. The van der Waals surface area contributed by atoms with E-state index in [1.807, 2.05) is 6.07 Å². The Morgan fingerprint density at radius 2 is 2.11 bits per heavy atom. The second kappa shape index (κ2) is 10.4. The maximum absolute atomic E-state index is 12.7. The minimum absolute atomic E-state index is 0.108. The number of rotatable bonds is 7. The van der Waals surface area contributed by atoms with Crippen LogP contribution in [0.25, 0.3) is 11.0 Å². The van der Waals surface area contributed by atoms with E-state index in [2.05, 4.69) is 12.2 Å². The lowest BCUT2D eigenvalue weighted by molar-refractivity contribution is -0.144. The van der Waals surface area contributed by atoms with Crippen LogP contribution in [0, 0.1) is 12.8 Å². The van der Waals surface area contributed by atoms with Crippen LogP contribution >= 0.6 is 0 Å². The van der Waals surface area contributed by atoms with E-state index < -0.39 is 23.2 Å². The minimum atomic E-state index is -0.839. The number of fused-ring (bicyclic) bond motifs is 2. The molecule has 1 aliphatic heterocycles. The van der Waals surface area contributed by atoms with Crippen molar-refractivity contribution in [2.24, 2.45) is 5.92 Å². The van der Waals surface area contributed by atoms with Gasteiger partial charge in [0.05, 0.1) is 12.1 Å². The molecule has 1 saturated heterocycles. The van der Waals surface area contributed by atoms with E-state index in [1.54, 1.807) is 24.8 Å². The molecule has 2 fully saturated rings. The lowest BCUT2D eigenvalue weighted by Gasteiger charge is -2.47. The fourth-order valence-corrected chi connectivity index (χ4v) is 5.47. The summed E-state index contributed by atoms with van der Waals surface area (Å²) in [5.41, 5.74) is 1.00. The Balaban J connectivity index is 1.36. The van der Waals surface area contributed by atoms with Gasteiger partial charge in [0.15, 0.2) is 6.10 Å². The van der Waals surface area contributed by atoms with Crippen molar-refractivity contribution in [3.05, 3.63) is 39.7 Å². The Kier molecular flexibility index (Phi) is 7.50. The fourth-order valence-electron chi connectivity index (χ4n) is 5.47. The van der Waals surface area contributed by atoms with Crippen molar-refractivity contribution in [2.75, 3.05) is 19.6 Å². The average molecular weight is 485 g/mol. The first-order chi connectivity index (χ1) is 16.7. The zero-order valence-corrected chi connectivity index (χ0v) is 20.9. The number of piperidine rings is 1. The van der Waals surface area contributed by atoms with Gasteiger partial charge >= 0.3 is 5.63 Å². The summed E-state index contributed by atoms with van der Waals surface area (Å²) in [6, 6.07) is 5.16. The summed E-state index contributed by atoms with van der Waals surface area (Å²) in [4.78, 5) is 39.2. The molecule has 35 heavy (non-hydrogen) atoms. The lowest BCUT2D eigenvalue weighted by atomic mass is 9.71. The van der Waals surface area contributed by atoms with E-state index in [-0.39, 0.29) is 18.4 Å². The molecule has 3 atom stereocenters. The molecule has 0 bridgehead atoms. The molecule has 1 aliphatic carbocycles. The van der Waals surface area contributed by atoms with Crippen molar-refractivity contribution in [2.45, 2.75) is 77.4 Å². The number of carbonyl (C=O) groups is 2. The molecule has 0 unspecified atom stereocenters. The molecule has 2 N–H and O–H groups in total. The molecule has 8 heteroatoms. The molecule has 1 aromatic heterocycles. The number of amides is 2. The number of nitrogens with one attached hydrogen (secondary N) is 1. The smallest absolute Gasteiger partial charge is 0.336 e. The topological polar surface area (TPSA) is 109 Å². The SMILES string of the molecule is CCCc1cc(=O)oc2c(C)c(O[C@H](C)C(=O)NCC(=O)N3CC[C@]4(O)CCCC[C@@H]4C3)ccc12. The molecule has 0 radical (unpaired) electrons. The van der Waals surface area contributed by atoms with Gasteiger partial charge in [0.25, 0.3) is 5.91 Å². The first kappa shape index (κ1) is 25.2. The van der Waals surface area contributed by atoms with E-state index in [9.17, 15) is 19.5 Å². The summed E-state index contributed by atoms with van der Waals surface area (Å²) in [6.07, 6.45) is 5.29. The van der Waals surface area contributed by atoms with Crippen LogP contribution < -0.4 is 15.7 Å². The average Bonchev–Trinajstić information content (AvgIpc) is 2.83. The molecule has 2 aliphatic rings. The first-order valence-electron chi connectivity index (χ1n) is 12.7. The van der Waals surface area contributed by atoms with Crippen molar-refractivity contribution in [3.63, 3.8) is 0 Å². The summed E-state index contributed by atoms with van der Waals surface area (Å²) in [7, 11) is 0. The molecule has 4 rings (SSSR count). The number of ether oxygens (including phenoxy) is 1. The Morgan fingerprint density at radius 3 is 2.89 bits per heavy atom. The highest BCUT2D eigenvalue weighted by atomic mass is 16.5. The van der Waals surface area contributed by atoms with E-state index in [1.165, 1.54) is 6.07 Å². The van der Waals surface area contributed by atoms with Crippen molar-refractivity contribution in [3.8, 4) is 5.75 Å². The number of hydrogen-bond acceptors (Lipinski definition) is 6. The third-order valence-corrected chi connectivity index (χ3v) is 7.58. The van der Waals surface area contributed by atoms with Crippen molar-refractivity contribution in [1.82, 2.24) is 10.2 Å². The van der Waals surface area contributed by atoms with Gasteiger partial charge in [-0.3, -0.25) is 9.59 Å². The Hall–Kier alpha value is -2.87. The molecule has 1 saturated carbocycles. The van der Waals surface area contributed by atoms with Crippen LogP contribution in [-0.4, -0.2) is 53.2 Å². The van der Waals surface area contributed by atoms with Crippen LogP contribution in [0.4, 0.5) is 0 Å². The van der Waals surface area contributed by atoms with Crippen LogP contribution in [0.2, 0.25) is 0 Å². The van der Waals surface area contributed by atoms with Crippen molar-refractivity contribution >= 4 is 22.8 Å². The number of nitrogens with zero attached hydrogens (tertiary/aromatic N) is 1. The number of likely N-dealkylation sites (tertiary alicyclic amines) is 1. The van der Waals surface area contributed by atoms with Gasteiger partial charge in [0, 0.05) is 36.0 Å². The van der Waals surface area contributed by atoms with Gasteiger partial charge in [0.2, 0.25) is 5.91 Å². The monoisotopic (exact) mass is 484 g/mol. The summed E-state index contributed by atoms with van der Waals surface area (Å²) in [6.45, 7) is 6.41. The molecule has 2 heterocycles. The Morgan fingerprint density at radius 1 is 1.31 bits per heavy atom. The van der Waals surface area contributed by atoms with Gasteiger partial charge < -0.3 is 24.5 Å². The second-order valence-electron chi connectivity index (χ2n) is 10.0. The number of hydrogen-bond donors (Lipinski definition) is 2. The normalized spacial score (nSPS) is 23.0. The van der Waals surface area contributed by atoms with Crippen LogP contribution in [0.3, 0.4) is 0 Å². The summed E-state index contributed by atoms with van der Waals surface area (Å²) >= 11 is 0. The Labute approximate surface area is 205 Å². The predicted octanol–water partition coefficient (Wildman–Crippen LogP) is 3.09.